The summed E-state index contributed by atoms with van der Waals surface area (Å²) in [4.78, 5) is 11.0. The number of benzene rings is 3. The maximum atomic E-state index is 13.3. The fourth-order valence-corrected chi connectivity index (χ4v) is 7.25. The minimum Gasteiger partial charge on any atom is -0.481 e. The molecular weight excluding hydrogens is 560 g/mol. The second-order valence-corrected chi connectivity index (χ2v) is 14.1. The summed E-state index contributed by atoms with van der Waals surface area (Å²) in [7, 11) is -2.44. The highest BCUT2D eigenvalue weighted by Gasteiger charge is 2.29. The molecule has 3 N–H and O–H groups in total. The van der Waals surface area contributed by atoms with Gasteiger partial charge in [0.15, 0.2) is 0 Å². The van der Waals surface area contributed by atoms with Gasteiger partial charge in [-0.3, -0.25) is 4.79 Å². The molecule has 0 unspecified atom stereocenters. The number of hydrogen-bond donors (Lipinski definition) is 3. The average Bonchev–Trinajstić information content (AvgIpc) is 3.32. The maximum Gasteiger partial charge on any atom is 0.303 e. The van der Waals surface area contributed by atoms with Crippen LogP contribution in [0.15, 0.2) is 71.6 Å². The SMILES string of the molecule is CN(C[C@H](O)CNC(C)(C)CC1Cc2ccccc2C1)S(=O)(=O)c1ccc(-c2cccc(CCC(=O)O)c2)c(Cl)c1. The van der Waals surface area contributed by atoms with E-state index in [1.807, 2.05) is 24.3 Å². The van der Waals surface area contributed by atoms with E-state index in [0.29, 0.717) is 17.9 Å². The van der Waals surface area contributed by atoms with E-state index >= 15 is 0 Å². The fraction of sp³-hybridized carbons (Fsp3) is 0.406. The molecule has 0 spiro atoms. The van der Waals surface area contributed by atoms with Gasteiger partial charge in [0, 0.05) is 42.7 Å². The van der Waals surface area contributed by atoms with Gasteiger partial charge in [-0.05, 0) is 79.8 Å². The smallest absolute Gasteiger partial charge is 0.303 e. The molecule has 1 aliphatic rings. The van der Waals surface area contributed by atoms with E-state index in [2.05, 4.69) is 43.4 Å². The number of rotatable bonds is 13. The van der Waals surface area contributed by atoms with Crippen LogP contribution in [0.5, 0.6) is 0 Å². The lowest BCUT2D eigenvalue weighted by atomic mass is 9.88. The number of carbonyl (C=O) groups is 1. The van der Waals surface area contributed by atoms with Gasteiger partial charge in [-0.25, -0.2) is 8.42 Å². The zero-order valence-electron chi connectivity index (χ0n) is 23.8. The van der Waals surface area contributed by atoms with Gasteiger partial charge in [-0.1, -0.05) is 66.2 Å². The van der Waals surface area contributed by atoms with Crippen LogP contribution in [-0.2, 0) is 34.1 Å². The van der Waals surface area contributed by atoms with Crippen LogP contribution in [0.25, 0.3) is 11.1 Å². The Hall–Kier alpha value is -2.75. The minimum atomic E-state index is -3.89. The zero-order valence-corrected chi connectivity index (χ0v) is 25.4. The Labute approximate surface area is 248 Å². The molecule has 0 radical (unpaired) electrons. The first-order chi connectivity index (χ1) is 19.3. The third-order valence-electron chi connectivity index (χ3n) is 7.73. The number of aliphatic hydroxyl groups is 1. The van der Waals surface area contributed by atoms with Gasteiger partial charge >= 0.3 is 5.97 Å². The fourth-order valence-electron chi connectivity index (χ4n) is 5.66. The summed E-state index contributed by atoms with van der Waals surface area (Å²) >= 11 is 6.52. The van der Waals surface area contributed by atoms with E-state index in [1.165, 1.54) is 30.3 Å². The molecule has 4 rings (SSSR count). The van der Waals surface area contributed by atoms with Crippen LogP contribution < -0.4 is 5.32 Å². The minimum absolute atomic E-state index is 0.0227. The van der Waals surface area contributed by atoms with E-state index < -0.39 is 22.1 Å². The number of likely N-dealkylation sites (N-methyl/N-ethyl adjacent to an activating group) is 1. The molecule has 1 atom stereocenters. The molecule has 0 aromatic heterocycles. The first-order valence-corrected chi connectivity index (χ1v) is 15.7. The summed E-state index contributed by atoms with van der Waals surface area (Å²) < 4.78 is 27.7. The Morgan fingerprint density at radius 1 is 1.07 bits per heavy atom. The summed E-state index contributed by atoms with van der Waals surface area (Å²) in [6.45, 7) is 4.44. The highest BCUT2D eigenvalue weighted by molar-refractivity contribution is 7.89. The highest BCUT2D eigenvalue weighted by Crippen LogP contribution is 2.33. The largest absolute Gasteiger partial charge is 0.481 e. The van der Waals surface area contributed by atoms with Crippen LogP contribution >= 0.6 is 11.6 Å². The predicted molar refractivity (Wildman–Crippen MR) is 163 cm³/mol. The molecule has 3 aromatic carbocycles. The number of halogens is 1. The third-order valence-corrected chi connectivity index (χ3v) is 9.86. The molecule has 0 amide bonds. The normalized spacial score (nSPS) is 14.8. The van der Waals surface area contributed by atoms with Crippen molar-refractivity contribution in [3.63, 3.8) is 0 Å². The number of sulfonamides is 1. The average molecular weight is 599 g/mol. The lowest BCUT2D eigenvalue weighted by Crippen LogP contribution is -2.47. The highest BCUT2D eigenvalue weighted by atomic mass is 35.5. The van der Waals surface area contributed by atoms with E-state index in [1.54, 1.807) is 6.07 Å². The molecule has 41 heavy (non-hydrogen) atoms. The monoisotopic (exact) mass is 598 g/mol. The lowest BCUT2D eigenvalue weighted by Gasteiger charge is -2.31. The maximum absolute atomic E-state index is 13.3. The van der Waals surface area contributed by atoms with Gasteiger partial charge in [0.2, 0.25) is 10.0 Å². The second kappa shape index (κ2) is 13.0. The Bertz CT molecular complexity index is 1470. The number of carboxylic acids is 1. The molecule has 1 aliphatic carbocycles. The molecule has 0 heterocycles. The van der Waals surface area contributed by atoms with Crippen LogP contribution in [0.1, 0.15) is 43.4 Å². The number of aryl methyl sites for hydroxylation is 1. The van der Waals surface area contributed by atoms with Gasteiger partial charge < -0.3 is 15.5 Å². The number of nitrogens with zero attached hydrogens (tertiary/aromatic N) is 1. The number of aliphatic hydroxyl groups excluding tert-OH is 1. The summed E-state index contributed by atoms with van der Waals surface area (Å²) in [6.07, 6.45) is 2.59. The molecule has 0 saturated carbocycles. The number of carboxylic acid groups (broad SMARTS) is 1. The van der Waals surface area contributed by atoms with Crippen LogP contribution in [0.2, 0.25) is 5.02 Å². The molecule has 0 aliphatic heterocycles. The van der Waals surface area contributed by atoms with Crippen molar-refractivity contribution in [2.75, 3.05) is 20.1 Å². The van der Waals surface area contributed by atoms with E-state index in [0.717, 1.165) is 34.7 Å². The quantitative estimate of drug-likeness (QED) is 0.250. The third kappa shape index (κ3) is 8.17. The molecule has 7 nitrogen and oxygen atoms in total. The summed E-state index contributed by atoms with van der Waals surface area (Å²) in [6, 6.07) is 20.5. The summed E-state index contributed by atoms with van der Waals surface area (Å²) in [5.41, 5.74) is 4.91. The number of aliphatic carboxylic acids is 1. The number of β-amino-alcohol motifs (C(OH)–C–C–N with tert-alkyl or cyclic N) is 1. The van der Waals surface area contributed by atoms with Crippen molar-refractivity contribution >= 4 is 27.6 Å². The Balaban J connectivity index is 1.33. The molecule has 3 aromatic rings. The second-order valence-electron chi connectivity index (χ2n) is 11.7. The Kier molecular flexibility index (Phi) is 9.93. The molecule has 0 fully saturated rings. The van der Waals surface area contributed by atoms with Crippen LogP contribution in [0.4, 0.5) is 0 Å². The molecular formula is C32H39ClN2O5S. The molecule has 220 valence electrons. The van der Waals surface area contributed by atoms with Crippen LogP contribution in [-0.4, -0.2) is 60.7 Å². The van der Waals surface area contributed by atoms with Gasteiger partial charge in [0.25, 0.3) is 0 Å². The van der Waals surface area contributed by atoms with Gasteiger partial charge in [0.05, 0.1) is 11.0 Å². The first kappa shape index (κ1) is 31.2. The molecule has 0 saturated heterocycles. The van der Waals surface area contributed by atoms with Crippen molar-refractivity contribution in [2.45, 2.75) is 62.5 Å². The van der Waals surface area contributed by atoms with Gasteiger partial charge in [-0.2, -0.15) is 4.31 Å². The topological polar surface area (TPSA) is 107 Å². The van der Waals surface area contributed by atoms with Crippen molar-refractivity contribution in [2.24, 2.45) is 5.92 Å². The number of fused-ring (bicyclic) bond motifs is 1. The lowest BCUT2D eigenvalue weighted by molar-refractivity contribution is -0.136. The zero-order chi connectivity index (χ0) is 29.8. The Morgan fingerprint density at radius 3 is 2.39 bits per heavy atom. The van der Waals surface area contributed by atoms with Crippen molar-refractivity contribution in [3.05, 3.63) is 88.4 Å². The standard InChI is InChI=1S/C32H39ClN2O5S/c1-32(2,19-23-16-24-8-4-5-9-25(24)17-23)34-20-27(36)21-35(3)41(39,40)28-12-13-29(30(33)18-28)26-10-6-7-22(15-26)11-14-31(37)38/h4-10,12-13,15,18,23,27,34,36H,11,14,16-17,19-21H2,1-3H3,(H,37,38)/t27-/m1/s1. The van der Waals surface area contributed by atoms with Crippen molar-refractivity contribution in [3.8, 4) is 11.1 Å². The van der Waals surface area contributed by atoms with E-state index in [9.17, 15) is 18.3 Å². The van der Waals surface area contributed by atoms with Crippen molar-refractivity contribution < 1.29 is 23.4 Å². The van der Waals surface area contributed by atoms with E-state index in [-0.39, 0.29) is 35.0 Å². The number of hydrogen-bond acceptors (Lipinski definition) is 5. The summed E-state index contributed by atoms with van der Waals surface area (Å²) in [5, 5.41) is 23.4. The Morgan fingerprint density at radius 2 is 1.76 bits per heavy atom. The summed E-state index contributed by atoms with van der Waals surface area (Å²) in [5.74, 6) is -0.331. The first-order valence-electron chi connectivity index (χ1n) is 13.9. The van der Waals surface area contributed by atoms with Crippen LogP contribution in [0.3, 0.4) is 0 Å². The predicted octanol–water partition coefficient (Wildman–Crippen LogP) is 5.18. The van der Waals surface area contributed by atoms with Crippen molar-refractivity contribution in [1.29, 1.82) is 0 Å². The van der Waals surface area contributed by atoms with E-state index in [4.69, 9.17) is 16.7 Å². The number of nitrogens with one attached hydrogen (secondary N) is 1. The van der Waals surface area contributed by atoms with Crippen LogP contribution in [0, 0.1) is 5.92 Å². The van der Waals surface area contributed by atoms with Gasteiger partial charge in [-0.15, -0.1) is 0 Å². The van der Waals surface area contributed by atoms with Gasteiger partial charge in [0.1, 0.15) is 0 Å². The molecule has 9 heteroatoms. The molecule has 0 bridgehead atoms. The van der Waals surface area contributed by atoms with Crippen molar-refractivity contribution in [1.82, 2.24) is 9.62 Å².